The summed E-state index contributed by atoms with van der Waals surface area (Å²) in [5, 5.41) is 0. The predicted octanol–water partition coefficient (Wildman–Crippen LogP) is 1.69. The maximum Gasteiger partial charge on any atom is 0.261 e. The molecule has 2 aliphatic heterocycles. The molecule has 0 aliphatic carbocycles. The van der Waals surface area contributed by atoms with Gasteiger partial charge in [0.1, 0.15) is 22.8 Å². The summed E-state index contributed by atoms with van der Waals surface area (Å²) in [4.78, 5) is 14.8. The number of methoxy groups -OCH3 is 3. The van der Waals surface area contributed by atoms with Crippen molar-refractivity contribution in [2.24, 2.45) is 0 Å². The van der Waals surface area contributed by atoms with Gasteiger partial charge in [-0.1, -0.05) is 0 Å². The van der Waals surface area contributed by atoms with Crippen LogP contribution < -0.4 is 14.2 Å². The first-order valence-electron chi connectivity index (χ1n) is 7.99. The number of nitrogens with zero attached hydrogens (tertiary/aromatic N) is 1. The topological polar surface area (TPSA) is 66.5 Å². The van der Waals surface area contributed by atoms with Crippen LogP contribution in [-0.2, 0) is 9.47 Å². The number of likely N-dealkylation sites (tertiary alicyclic amines) is 1. The SMILES string of the molecule is COc1cc(OC)c(C(=O)N2CCC3(CC2)OCCO3)c(OC)c1. The number of amides is 1. The monoisotopic (exact) mass is 337 g/mol. The number of hydrogen-bond acceptors (Lipinski definition) is 6. The average Bonchev–Trinajstić information content (AvgIpc) is 3.08. The number of benzene rings is 1. The maximum absolute atomic E-state index is 13.0. The van der Waals surface area contributed by atoms with Crippen LogP contribution in [-0.4, -0.2) is 64.2 Å². The lowest BCUT2D eigenvalue weighted by molar-refractivity contribution is -0.181. The van der Waals surface area contributed by atoms with Crippen molar-refractivity contribution in [2.75, 3.05) is 47.6 Å². The van der Waals surface area contributed by atoms with Gasteiger partial charge in [0.25, 0.3) is 5.91 Å². The molecule has 1 spiro atoms. The number of piperidine rings is 1. The van der Waals surface area contributed by atoms with E-state index in [0.29, 0.717) is 62.0 Å². The van der Waals surface area contributed by atoms with Gasteiger partial charge < -0.3 is 28.6 Å². The zero-order chi connectivity index (χ0) is 17.2. The molecule has 1 amide bonds. The number of rotatable bonds is 4. The zero-order valence-electron chi connectivity index (χ0n) is 14.3. The quantitative estimate of drug-likeness (QED) is 0.833. The molecule has 1 aromatic rings. The predicted molar refractivity (Wildman–Crippen MR) is 85.9 cm³/mol. The first-order chi connectivity index (χ1) is 11.6. The van der Waals surface area contributed by atoms with Crippen LogP contribution in [0.15, 0.2) is 12.1 Å². The summed E-state index contributed by atoms with van der Waals surface area (Å²) >= 11 is 0. The molecule has 132 valence electrons. The fourth-order valence-electron chi connectivity index (χ4n) is 3.21. The molecule has 1 aromatic carbocycles. The molecular weight excluding hydrogens is 314 g/mol. The molecule has 2 aliphatic rings. The number of carbonyl (C=O) groups is 1. The van der Waals surface area contributed by atoms with Crippen molar-refractivity contribution in [3.8, 4) is 17.2 Å². The zero-order valence-corrected chi connectivity index (χ0v) is 14.3. The number of hydrogen-bond donors (Lipinski definition) is 0. The largest absolute Gasteiger partial charge is 0.496 e. The second kappa shape index (κ2) is 6.86. The summed E-state index contributed by atoms with van der Waals surface area (Å²) in [5.74, 6) is 0.810. The van der Waals surface area contributed by atoms with E-state index >= 15 is 0 Å². The Balaban J connectivity index is 1.82. The third-order valence-corrected chi connectivity index (χ3v) is 4.55. The maximum atomic E-state index is 13.0. The van der Waals surface area contributed by atoms with Crippen molar-refractivity contribution in [3.63, 3.8) is 0 Å². The second-order valence-corrected chi connectivity index (χ2v) is 5.81. The number of ether oxygens (including phenoxy) is 5. The minimum atomic E-state index is -0.509. The lowest BCUT2D eigenvalue weighted by Crippen LogP contribution is -2.47. The molecule has 2 heterocycles. The fourth-order valence-corrected chi connectivity index (χ4v) is 3.21. The molecular formula is C17H23NO6. The molecule has 0 saturated carbocycles. The Morgan fingerprint density at radius 1 is 1.00 bits per heavy atom. The van der Waals surface area contributed by atoms with E-state index in [1.165, 1.54) is 14.2 Å². The molecule has 2 fully saturated rings. The second-order valence-electron chi connectivity index (χ2n) is 5.81. The van der Waals surface area contributed by atoms with E-state index in [-0.39, 0.29) is 5.91 Å². The van der Waals surface area contributed by atoms with Gasteiger partial charge in [-0.05, 0) is 0 Å². The molecule has 7 nitrogen and oxygen atoms in total. The first kappa shape index (κ1) is 16.9. The van der Waals surface area contributed by atoms with Gasteiger partial charge in [0.15, 0.2) is 5.79 Å². The van der Waals surface area contributed by atoms with Crippen molar-refractivity contribution in [1.82, 2.24) is 4.90 Å². The fraction of sp³-hybridized carbons (Fsp3) is 0.588. The highest BCUT2D eigenvalue weighted by molar-refractivity contribution is 6.00. The van der Waals surface area contributed by atoms with E-state index in [1.807, 2.05) is 0 Å². The summed E-state index contributed by atoms with van der Waals surface area (Å²) in [6.45, 7) is 2.37. The Morgan fingerprint density at radius 3 is 2.00 bits per heavy atom. The summed E-state index contributed by atoms with van der Waals surface area (Å²) in [5.41, 5.74) is 0.407. The third kappa shape index (κ3) is 3.01. The normalized spacial score (nSPS) is 19.4. The van der Waals surface area contributed by atoms with E-state index in [9.17, 15) is 4.79 Å². The Morgan fingerprint density at radius 2 is 1.54 bits per heavy atom. The van der Waals surface area contributed by atoms with Gasteiger partial charge >= 0.3 is 0 Å². The van der Waals surface area contributed by atoms with Gasteiger partial charge in [0, 0.05) is 38.1 Å². The van der Waals surface area contributed by atoms with Gasteiger partial charge in [-0.25, -0.2) is 0 Å². The van der Waals surface area contributed by atoms with Crippen molar-refractivity contribution >= 4 is 5.91 Å². The molecule has 0 radical (unpaired) electrons. The van der Waals surface area contributed by atoms with Crippen LogP contribution in [0.25, 0.3) is 0 Å². The minimum Gasteiger partial charge on any atom is -0.496 e. The molecule has 2 saturated heterocycles. The summed E-state index contributed by atoms with van der Waals surface area (Å²) < 4.78 is 27.4. The van der Waals surface area contributed by atoms with Crippen LogP contribution in [0.2, 0.25) is 0 Å². The Kier molecular flexibility index (Phi) is 4.82. The van der Waals surface area contributed by atoms with E-state index in [2.05, 4.69) is 0 Å². The van der Waals surface area contributed by atoms with E-state index < -0.39 is 5.79 Å². The lowest BCUT2D eigenvalue weighted by atomic mass is 10.0. The highest BCUT2D eigenvalue weighted by atomic mass is 16.7. The third-order valence-electron chi connectivity index (χ3n) is 4.55. The van der Waals surface area contributed by atoms with Crippen LogP contribution >= 0.6 is 0 Å². The van der Waals surface area contributed by atoms with Crippen LogP contribution in [0.5, 0.6) is 17.2 Å². The van der Waals surface area contributed by atoms with Gasteiger partial charge in [-0.15, -0.1) is 0 Å². The summed E-state index contributed by atoms with van der Waals surface area (Å²) in [7, 11) is 4.61. The molecule has 3 rings (SSSR count). The van der Waals surface area contributed by atoms with Gasteiger partial charge in [0.2, 0.25) is 0 Å². The molecule has 7 heteroatoms. The summed E-state index contributed by atoms with van der Waals surface area (Å²) in [6.07, 6.45) is 1.33. The number of carbonyl (C=O) groups excluding carboxylic acids is 1. The van der Waals surface area contributed by atoms with E-state index in [4.69, 9.17) is 23.7 Å². The molecule has 0 unspecified atom stereocenters. The Hall–Kier alpha value is -1.99. The van der Waals surface area contributed by atoms with E-state index in [1.54, 1.807) is 24.1 Å². The highest BCUT2D eigenvalue weighted by Crippen LogP contribution is 2.37. The Labute approximate surface area is 141 Å². The highest BCUT2D eigenvalue weighted by Gasteiger charge is 2.41. The van der Waals surface area contributed by atoms with Crippen molar-refractivity contribution < 1.29 is 28.5 Å². The van der Waals surface area contributed by atoms with Crippen molar-refractivity contribution in [3.05, 3.63) is 17.7 Å². The van der Waals surface area contributed by atoms with Crippen LogP contribution in [0.4, 0.5) is 0 Å². The van der Waals surface area contributed by atoms with Crippen LogP contribution in [0, 0.1) is 0 Å². The molecule has 0 N–H and O–H groups in total. The van der Waals surface area contributed by atoms with Gasteiger partial charge in [0.05, 0.1) is 34.5 Å². The average molecular weight is 337 g/mol. The van der Waals surface area contributed by atoms with Crippen molar-refractivity contribution in [1.29, 1.82) is 0 Å². The van der Waals surface area contributed by atoms with Crippen LogP contribution in [0.3, 0.4) is 0 Å². The minimum absolute atomic E-state index is 0.126. The molecule has 0 aromatic heterocycles. The van der Waals surface area contributed by atoms with Gasteiger partial charge in [-0.3, -0.25) is 4.79 Å². The Bertz CT molecular complexity index is 576. The van der Waals surface area contributed by atoms with Crippen LogP contribution in [0.1, 0.15) is 23.2 Å². The van der Waals surface area contributed by atoms with Gasteiger partial charge in [-0.2, -0.15) is 0 Å². The summed E-state index contributed by atoms with van der Waals surface area (Å²) in [6, 6.07) is 3.37. The standard InChI is InChI=1S/C17H23NO6/c1-20-12-10-13(21-2)15(14(11-12)22-3)16(19)18-6-4-17(5-7-18)23-8-9-24-17/h10-11H,4-9H2,1-3H3. The molecule has 24 heavy (non-hydrogen) atoms. The lowest BCUT2D eigenvalue weighted by Gasteiger charge is -2.37. The smallest absolute Gasteiger partial charge is 0.261 e. The van der Waals surface area contributed by atoms with E-state index in [0.717, 1.165) is 0 Å². The molecule has 0 atom stereocenters. The first-order valence-corrected chi connectivity index (χ1v) is 7.99. The molecule has 0 bridgehead atoms. The van der Waals surface area contributed by atoms with Crippen molar-refractivity contribution in [2.45, 2.75) is 18.6 Å².